The number of ketones is 1. The molecule has 0 amide bonds. The molecule has 1 rings (SSSR count). The number of carbonyl (C=O) groups excluding carboxylic acids is 2. The molecule has 19 heavy (non-hydrogen) atoms. The van der Waals surface area contributed by atoms with E-state index >= 15 is 0 Å². The average molecular weight is 272 g/mol. The van der Waals surface area contributed by atoms with Crippen LogP contribution in [0.15, 0.2) is 36.4 Å². The Hall–Kier alpha value is -2.11. The number of halogens is 3. The summed E-state index contributed by atoms with van der Waals surface area (Å²) in [6, 6.07) is 5.20. The number of carbonyl (C=O) groups is 2. The molecule has 0 aromatic heterocycles. The third-order valence-corrected chi connectivity index (χ3v) is 2.10. The van der Waals surface area contributed by atoms with Crippen molar-refractivity contribution in [3.63, 3.8) is 0 Å². The van der Waals surface area contributed by atoms with E-state index in [1.54, 1.807) is 6.92 Å². The van der Waals surface area contributed by atoms with Crippen LogP contribution in [0, 0.1) is 0 Å². The second-order valence-corrected chi connectivity index (χ2v) is 3.54. The fourth-order valence-corrected chi connectivity index (χ4v) is 1.25. The molecule has 0 saturated carbocycles. The van der Waals surface area contributed by atoms with Gasteiger partial charge in [-0.2, -0.15) is 13.2 Å². The molecule has 0 fully saturated rings. The smallest absolute Gasteiger partial charge is 0.409 e. The van der Waals surface area contributed by atoms with Crippen molar-refractivity contribution < 1.29 is 27.5 Å². The zero-order chi connectivity index (χ0) is 14.5. The van der Waals surface area contributed by atoms with Crippen molar-refractivity contribution in [1.29, 1.82) is 0 Å². The molecule has 1 aromatic carbocycles. The number of hydrogen-bond acceptors (Lipinski definition) is 3. The molecule has 1 aromatic rings. The van der Waals surface area contributed by atoms with Gasteiger partial charge in [0.25, 0.3) is 0 Å². The Kier molecular flexibility index (Phi) is 4.86. The standard InChI is InChI=1S/C13H11F3O3/c1-2-19-12(18)10-5-3-9(4-6-10)11(17)7-8-13(14,15)16/h3-8H,2H2,1H3/b8-7+. The molecule has 0 atom stereocenters. The van der Waals surface area contributed by atoms with Crippen molar-refractivity contribution in [2.75, 3.05) is 6.61 Å². The Morgan fingerprint density at radius 1 is 1.16 bits per heavy atom. The first-order valence-corrected chi connectivity index (χ1v) is 5.41. The number of rotatable bonds is 4. The first kappa shape index (κ1) is 14.9. The Bertz CT molecular complexity index is 487. The normalized spacial score (nSPS) is 11.6. The lowest BCUT2D eigenvalue weighted by molar-refractivity contribution is -0.0799. The van der Waals surface area contributed by atoms with E-state index < -0.39 is 17.9 Å². The van der Waals surface area contributed by atoms with Gasteiger partial charge in [-0.1, -0.05) is 12.1 Å². The summed E-state index contributed by atoms with van der Waals surface area (Å²) in [6.45, 7) is 1.87. The summed E-state index contributed by atoms with van der Waals surface area (Å²) < 4.78 is 40.4. The SMILES string of the molecule is CCOC(=O)c1ccc(C(=O)/C=C/C(F)(F)F)cc1. The van der Waals surface area contributed by atoms with Gasteiger partial charge in [0.05, 0.1) is 12.2 Å². The van der Waals surface area contributed by atoms with Crippen LogP contribution < -0.4 is 0 Å². The summed E-state index contributed by atoms with van der Waals surface area (Å²) in [5.74, 6) is -1.33. The minimum atomic E-state index is -4.53. The molecular weight excluding hydrogens is 261 g/mol. The van der Waals surface area contributed by atoms with Gasteiger partial charge in [0.1, 0.15) is 0 Å². The van der Waals surface area contributed by atoms with Gasteiger partial charge in [0.15, 0.2) is 5.78 Å². The highest BCUT2D eigenvalue weighted by Crippen LogP contribution is 2.16. The molecule has 6 heteroatoms. The first-order valence-electron chi connectivity index (χ1n) is 5.41. The van der Waals surface area contributed by atoms with Gasteiger partial charge in [0, 0.05) is 11.6 Å². The summed E-state index contributed by atoms with van der Waals surface area (Å²) in [5.41, 5.74) is 0.298. The Balaban J connectivity index is 2.79. The van der Waals surface area contributed by atoms with Crippen molar-refractivity contribution in [2.24, 2.45) is 0 Å². The summed E-state index contributed by atoms with van der Waals surface area (Å²) in [5, 5.41) is 0. The van der Waals surface area contributed by atoms with Gasteiger partial charge in [-0.05, 0) is 25.1 Å². The molecular formula is C13H11F3O3. The molecule has 0 spiro atoms. The lowest BCUT2D eigenvalue weighted by Crippen LogP contribution is -2.06. The Morgan fingerprint density at radius 3 is 2.16 bits per heavy atom. The minimum absolute atomic E-state index is 0.0635. The Morgan fingerprint density at radius 2 is 1.68 bits per heavy atom. The van der Waals surface area contributed by atoms with Gasteiger partial charge in [-0.25, -0.2) is 4.79 Å². The lowest BCUT2D eigenvalue weighted by atomic mass is 10.1. The molecule has 0 aliphatic carbocycles. The maximum atomic E-state index is 11.9. The average Bonchev–Trinajstić information content (AvgIpc) is 2.35. The minimum Gasteiger partial charge on any atom is -0.462 e. The summed E-state index contributed by atoms with van der Waals surface area (Å²) >= 11 is 0. The van der Waals surface area contributed by atoms with Crippen LogP contribution in [0.5, 0.6) is 0 Å². The molecule has 3 nitrogen and oxygen atoms in total. The highest BCUT2D eigenvalue weighted by Gasteiger charge is 2.22. The molecule has 102 valence electrons. The van der Waals surface area contributed by atoms with Crippen molar-refractivity contribution >= 4 is 11.8 Å². The van der Waals surface area contributed by atoms with Crippen LogP contribution >= 0.6 is 0 Å². The van der Waals surface area contributed by atoms with Crippen molar-refractivity contribution in [2.45, 2.75) is 13.1 Å². The van der Waals surface area contributed by atoms with E-state index in [4.69, 9.17) is 4.74 Å². The zero-order valence-corrected chi connectivity index (χ0v) is 10.0. The number of benzene rings is 1. The largest absolute Gasteiger partial charge is 0.462 e. The zero-order valence-electron chi connectivity index (χ0n) is 10.0. The Labute approximate surface area is 107 Å². The van der Waals surface area contributed by atoms with Crippen molar-refractivity contribution in [3.05, 3.63) is 47.5 Å². The van der Waals surface area contributed by atoms with Crippen LogP contribution in [-0.2, 0) is 4.74 Å². The highest BCUT2D eigenvalue weighted by molar-refractivity contribution is 6.05. The predicted molar refractivity (Wildman–Crippen MR) is 61.9 cm³/mol. The molecule has 0 N–H and O–H groups in total. The third-order valence-electron chi connectivity index (χ3n) is 2.10. The number of alkyl halides is 3. The molecule has 0 aliphatic heterocycles. The van der Waals surface area contributed by atoms with E-state index in [0.29, 0.717) is 6.08 Å². The van der Waals surface area contributed by atoms with Gasteiger partial charge in [0.2, 0.25) is 0 Å². The molecule has 0 aliphatic rings. The van der Waals surface area contributed by atoms with Crippen molar-refractivity contribution in [3.8, 4) is 0 Å². The van der Waals surface area contributed by atoms with Crippen LogP contribution in [0.2, 0.25) is 0 Å². The van der Waals surface area contributed by atoms with Crippen LogP contribution in [0.4, 0.5) is 13.2 Å². The van der Waals surface area contributed by atoms with Crippen LogP contribution in [0.3, 0.4) is 0 Å². The van der Waals surface area contributed by atoms with Gasteiger partial charge in [-0.15, -0.1) is 0 Å². The predicted octanol–water partition coefficient (Wildman–Crippen LogP) is 3.16. The summed E-state index contributed by atoms with van der Waals surface area (Å²) in [4.78, 5) is 22.7. The topological polar surface area (TPSA) is 43.4 Å². The summed E-state index contributed by atoms with van der Waals surface area (Å²) in [7, 11) is 0. The first-order chi connectivity index (χ1) is 8.83. The van der Waals surface area contributed by atoms with Crippen LogP contribution in [-0.4, -0.2) is 24.5 Å². The molecule has 0 heterocycles. The number of ether oxygens (including phenoxy) is 1. The molecule has 0 saturated heterocycles. The number of hydrogen-bond donors (Lipinski definition) is 0. The monoisotopic (exact) mass is 272 g/mol. The van der Waals surface area contributed by atoms with Gasteiger partial charge >= 0.3 is 12.1 Å². The van der Waals surface area contributed by atoms with Crippen molar-refractivity contribution in [1.82, 2.24) is 0 Å². The molecule has 0 bridgehead atoms. The second-order valence-electron chi connectivity index (χ2n) is 3.54. The van der Waals surface area contributed by atoms with Gasteiger partial charge in [-0.3, -0.25) is 4.79 Å². The summed E-state index contributed by atoms with van der Waals surface area (Å²) in [6.07, 6.45) is -4.21. The fourth-order valence-electron chi connectivity index (χ4n) is 1.25. The quantitative estimate of drug-likeness (QED) is 0.480. The van der Waals surface area contributed by atoms with E-state index in [0.717, 1.165) is 0 Å². The maximum absolute atomic E-state index is 11.9. The van der Waals surface area contributed by atoms with E-state index in [-0.39, 0.29) is 23.8 Å². The number of allylic oxidation sites excluding steroid dienone is 2. The lowest BCUT2D eigenvalue weighted by Gasteiger charge is -2.02. The van der Waals surface area contributed by atoms with E-state index in [9.17, 15) is 22.8 Å². The highest BCUT2D eigenvalue weighted by atomic mass is 19.4. The third kappa shape index (κ3) is 4.95. The second kappa shape index (κ2) is 6.17. The van der Waals surface area contributed by atoms with E-state index in [1.165, 1.54) is 24.3 Å². The molecule has 0 radical (unpaired) electrons. The molecule has 0 unspecified atom stereocenters. The van der Waals surface area contributed by atoms with Crippen LogP contribution in [0.1, 0.15) is 27.6 Å². The maximum Gasteiger partial charge on any atom is 0.409 e. The van der Waals surface area contributed by atoms with Crippen LogP contribution in [0.25, 0.3) is 0 Å². The fraction of sp³-hybridized carbons (Fsp3) is 0.231. The van der Waals surface area contributed by atoms with E-state index in [1.807, 2.05) is 0 Å². The van der Waals surface area contributed by atoms with E-state index in [2.05, 4.69) is 0 Å². The van der Waals surface area contributed by atoms with Gasteiger partial charge < -0.3 is 4.74 Å². The number of esters is 1.